The van der Waals surface area contributed by atoms with E-state index in [0.717, 1.165) is 5.39 Å². The lowest BCUT2D eigenvalue weighted by atomic mass is 10.1. The van der Waals surface area contributed by atoms with Crippen molar-refractivity contribution in [3.8, 4) is 6.07 Å². The van der Waals surface area contributed by atoms with Crippen molar-refractivity contribution < 1.29 is 8.42 Å². The molecule has 3 nitrogen and oxygen atoms in total. The molecule has 0 saturated heterocycles. The number of benzene rings is 2. The molecule has 18 heavy (non-hydrogen) atoms. The fraction of sp³-hybridized carbons (Fsp3) is 0.214. The molecule has 0 aliphatic carbocycles. The zero-order valence-corrected chi connectivity index (χ0v) is 11.0. The normalized spacial score (nSPS) is 12.3. The van der Waals surface area contributed by atoms with E-state index in [4.69, 9.17) is 5.26 Å². The van der Waals surface area contributed by atoms with Gasteiger partial charge in [0.15, 0.2) is 14.6 Å². The number of fused-ring (bicyclic) bond motifs is 1. The van der Waals surface area contributed by atoms with E-state index in [1.165, 1.54) is 13.8 Å². The number of rotatable bonds is 2. The quantitative estimate of drug-likeness (QED) is 0.833. The largest absolute Gasteiger partial charge is 0.222 e. The standard InChI is InChI=1S/C14H13NO2S/c1-14(2,10-15)18(16,17)13-9-5-7-11-6-3-4-8-12(11)13/h3-9H,1-2H3. The van der Waals surface area contributed by atoms with Crippen molar-refractivity contribution in [2.24, 2.45) is 0 Å². The topological polar surface area (TPSA) is 57.9 Å². The zero-order valence-electron chi connectivity index (χ0n) is 10.2. The zero-order chi connectivity index (χ0) is 13.4. The highest BCUT2D eigenvalue weighted by Gasteiger charge is 2.36. The Morgan fingerprint density at radius 1 is 1.06 bits per heavy atom. The van der Waals surface area contributed by atoms with E-state index >= 15 is 0 Å². The first kappa shape index (κ1) is 12.6. The Labute approximate surface area is 107 Å². The van der Waals surface area contributed by atoms with Crippen LogP contribution in [0.2, 0.25) is 0 Å². The Hall–Kier alpha value is -1.86. The lowest BCUT2D eigenvalue weighted by Crippen LogP contribution is -2.30. The first-order valence-corrected chi connectivity index (χ1v) is 7.02. The van der Waals surface area contributed by atoms with Gasteiger partial charge in [0.2, 0.25) is 0 Å². The molecule has 0 spiro atoms. The molecular weight excluding hydrogens is 246 g/mol. The van der Waals surface area contributed by atoms with Crippen molar-refractivity contribution in [2.45, 2.75) is 23.5 Å². The summed E-state index contributed by atoms with van der Waals surface area (Å²) in [5.74, 6) is 0. The summed E-state index contributed by atoms with van der Waals surface area (Å²) in [7, 11) is -3.68. The second-order valence-corrected chi connectivity index (χ2v) is 7.07. The molecule has 0 radical (unpaired) electrons. The van der Waals surface area contributed by atoms with Crippen molar-refractivity contribution in [1.29, 1.82) is 5.26 Å². The fourth-order valence-electron chi connectivity index (χ4n) is 1.77. The maximum absolute atomic E-state index is 12.5. The van der Waals surface area contributed by atoms with Crippen LogP contribution in [-0.4, -0.2) is 13.2 Å². The van der Waals surface area contributed by atoms with Gasteiger partial charge in [-0.15, -0.1) is 0 Å². The molecule has 0 unspecified atom stereocenters. The van der Waals surface area contributed by atoms with Crippen molar-refractivity contribution in [3.05, 3.63) is 42.5 Å². The molecule has 0 aliphatic rings. The van der Waals surface area contributed by atoms with Gasteiger partial charge in [-0.25, -0.2) is 8.42 Å². The lowest BCUT2D eigenvalue weighted by molar-refractivity contribution is 0.575. The van der Waals surface area contributed by atoms with Crippen molar-refractivity contribution in [1.82, 2.24) is 0 Å². The second-order valence-electron chi connectivity index (χ2n) is 4.60. The van der Waals surface area contributed by atoms with Gasteiger partial charge < -0.3 is 0 Å². The first-order chi connectivity index (χ1) is 8.40. The third kappa shape index (κ3) is 1.77. The van der Waals surface area contributed by atoms with Gasteiger partial charge in [0.05, 0.1) is 11.0 Å². The molecule has 92 valence electrons. The van der Waals surface area contributed by atoms with Gasteiger partial charge in [-0.2, -0.15) is 5.26 Å². The minimum Gasteiger partial charge on any atom is -0.222 e. The van der Waals surface area contributed by atoms with Crippen LogP contribution in [0.25, 0.3) is 10.8 Å². The third-order valence-corrected chi connectivity index (χ3v) is 5.35. The van der Waals surface area contributed by atoms with Crippen LogP contribution in [0.15, 0.2) is 47.4 Å². The predicted octanol–water partition coefficient (Wildman–Crippen LogP) is 2.92. The van der Waals surface area contributed by atoms with Crippen molar-refractivity contribution in [3.63, 3.8) is 0 Å². The maximum Gasteiger partial charge on any atom is 0.197 e. The molecule has 2 aromatic carbocycles. The highest BCUT2D eigenvalue weighted by molar-refractivity contribution is 7.93. The van der Waals surface area contributed by atoms with Crippen LogP contribution in [0.4, 0.5) is 0 Å². The van der Waals surface area contributed by atoms with Gasteiger partial charge in [-0.3, -0.25) is 0 Å². The Kier molecular flexibility index (Phi) is 2.88. The number of hydrogen-bond acceptors (Lipinski definition) is 3. The second kappa shape index (κ2) is 4.11. The van der Waals surface area contributed by atoms with Gasteiger partial charge in [0, 0.05) is 5.39 Å². The summed E-state index contributed by atoms with van der Waals surface area (Å²) in [4.78, 5) is 0.215. The molecule has 0 atom stereocenters. The van der Waals surface area contributed by atoms with E-state index in [0.29, 0.717) is 5.39 Å². The summed E-state index contributed by atoms with van der Waals surface area (Å²) >= 11 is 0. The summed E-state index contributed by atoms with van der Waals surface area (Å²) in [5, 5.41) is 10.5. The van der Waals surface area contributed by atoms with Gasteiger partial charge >= 0.3 is 0 Å². The van der Waals surface area contributed by atoms with Gasteiger partial charge in [-0.05, 0) is 25.3 Å². The average Bonchev–Trinajstić information content (AvgIpc) is 2.37. The molecule has 0 fully saturated rings. The Morgan fingerprint density at radius 2 is 1.67 bits per heavy atom. The van der Waals surface area contributed by atoms with E-state index in [9.17, 15) is 8.42 Å². The first-order valence-electron chi connectivity index (χ1n) is 5.54. The molecule has 0 saturated carbocycles. The van der Waals surface area contributed by atoms with Crippen LogP contribution in [0, 0.1) is 11.3 Å². The van der Waals surface area contributed by atoms with Gasteiger partial charge in [-0.1, -0.05) is 36.4 Å². The smallest absolute Gasteiger partial charge is 0.197 e. The van der Waals surface area contributed by atoms with Crippen LogP contribution >= 0.6 is 0 Å². The number of sulfone groups is 1. The summed E-state index contributed by atoms with van der Waals surface area (Å²) in [6.45, 7) is 2.84. The molecular formula is C14H13NO2S. The molecule has 0 aromatic heterocycles. The lowest BCUT2D eigenvalue weighted by Gasteiger charge is -2.17. The molecule has 0 heterocycles. The van der Waals surface area contributed by atoms with E-state index in [1.807, 2.05) is 24.3 Å². The summed E-state index contributed by atoms with van der Waals surface area (Å²) in [5.41, 5.74) is 0. The molecule has 0 aliphatic heterocycles. The summed E-state index contributed by atoms with van der Waals surface area (Å²) < 4.78 is 23.5. The van der Waals surface area contributed by atoms with E-state index in [-0.39, 0.29) is 4.90 Å². The van der Waals surface area contributed by atoms with Crippen molar-refractivity contribution >= 4 is 20.6 Å². The molecule has 2 aromatic rings. The molecule has 0 bridgehead atoms. The van der Waals surface area contributed by atoms with Crippen LogP contribution < -0.4 is 0 Å². The van der Waals surface area contributed by atoms with Crippen LogP contribution in [0.3, 0.4) is 0 Å². The van der Waals surface area contributed by atoms with Crippen molar-refractivity contribution in [2.75, 3.05) is 0 Å². The number of nitriles is 1. The molecule has 2 rings (SSSR count). The minimum atomic E-state index is -3.68. The Balaban J connectivity index is 2.82. The van der Waals surface area contributed by atoms with Gasteiger partial charge in [0.1, 0.15) is 0 Å². The summed E-state index contributed by atoms with van der Waals surface area (Å²) in [6, 6.07) is 14.2. The number of nitrogens with zero attached hydrogens (tertiary/aromatic N) is 1. The van der Waals surface area contributed by atoms with Gasteiger partial charge in [0.25, 0.3) is 0 Å². The van der Waals surface area contributed by atoms with Crippen LogP contribution in [0.1, 0.15) is 13.8 Å². The van der Waals surface area contributed by atoms with Crippen LogP contribution in [-0.2, 0) is 9.84 Å². The minimum absolute atomic E-state index is 0.215. The Morgan fingerprint density at radius 3 is 2.33 bits per heavy atom. The average molecular weight is 259 g/mol. The fourth-order valence-corrected chi connectivity index (χ4v) is 3.17. The monoisotopic (exact) mass is 259 g/mol. The third-order valence-electron chi connectivity index (χ3n) is 2.98. The molecule has 4 heteroatoms. The Bertz CT molecular complexity index is 734. The predicted molar refractivity (Wildman–Crippen MR) is 70.8 cm³/mol. The summed E-state index contributed by atoms with van der Waals surface area (Å²) in [6.07, 6.45) is 0. The highest BCUT2D eigenvalue weighted by atomic mass is 32.2. The number of hydrogen-bond donors (Lipinski definition) is 0. The van der Waals surface area contributed by atoms with E-state index in [1.54, 1.807) is 24.3 Å². The SMILES string of the molecule is CC(C)(C#N)S(=O)(=O)c1cccc2ccccc12. The highest BCUT2D eigenvalue weighted by Crippen LogP contribution is 2.30. The van der Waals surface area contributed by atoms with Crippen LogP contribution in [0.5, 0.6) is 0 Å². The molecule has 0 N–H and O–H groups in total. The van der Waals surface area contributed by atoms with E-state index in [2.05, 4.69) is 0 Å². The molecule has 0 amide bonds. The van der Waals surface area contributed by atoms with E-state index < -0.39 is 14.6 Å². The maximum atomic E-state index is 12.5.